The Kier molecular flexibility index (Phi) is 7.14. The Labute approximate surface area is 152 Å². The van der Waals surface area contributed by atoms with E-state index in [-0.39, 0.29) is 24.9 Å². The number of halogens is 1. The molecule has 2 atom stereocenters. The van der Waals surface area contributed by atoms with Crippen LogP contribution in [0.1, 0.15) is 31.9 Å². The van der Waals surface area contributed by atoms with Crippen molar-refractivity contribution in [3.8, 4) is 5.75 Å². The average Bonchev–Trinajstić information content (AvgIpc) is 2.63. The number of amides is 1. The molecule has 26 heavy (non-hydrogen) atoms. The quantitative estimate of drug-likeness (QED) is 0.734. The van der Waals surface area contributed by atoms with E-state index in [9.17, 15) is 14.0 Å². The summed E-state index contributed by atoms with van der Waals surface area (Å²) in [5.74, 6) is -0.608. The highest BCUT2D eigenvalue weighted by atomic mass is 19.1. The maximum Gasteiger partial charge on any atom is 0.310 e. The number of para-hydroxylation sites is 1. The maximum atomic E-state index is 12.9. The van der Waals surface area contributed by atoms with Crippen molar-refractivity contribution < 1.29 is 23.5 Å². The van der Waals surface area contributed by atoms with Crippen molar-refractivity contribution >= 4 is 11.9 Å². The molecule has 2 rings (SSSR count). The van der Waals surface area contributed by atoms with Crippen LogP contribution in [0.25, 0.3) is 0 Å². The fraction of sp³-hybridized carbons (Fsp3) is 0.300. The molecule has 1 N–H and O–H groups in total. The molecule has 0 aromatic heterocycles. The Morgan fingerprint density at radius 3 is 2.35 bits per heavy atom. The number of carbonyl (C=O) groups excluding carboxylic acids is 2. The molecule has 0 aliphatic rings. The van der Waals surface area contributed by atoms with Crippen molar-refractivity contribution in [3.63, 3.8) is 0 Å². The number of benzene rings is 2. The second-order valence-electron chi connectivity index (χ2n) is 5.83. The molecule has 0 heterocycles. The molecule has 2 aromatic rings. The van der Waals surface area contributed by atoms with E-state index in [0.717, 1.165) is 5.56 Å². The van der Waals surface area contributed by atoms with Crippen molar-refractivity contribution in [2.75, 3.05) is 6.61 Å². The number of hydrogen-bond donors (Lipinski definition) is 1. The van der Waals surface area contributed by atoms with Crippen LogP contribution in [0.15, 0.2) is 54.6 Å². The van der Waals surface area contributed by atoms with Crippen LogP contribution in [-0.4, -0.2) is 24.6 Å². The number of rotatable bonds is 8. The third kappa shape index (κ3) is 6.20. The second kappa shape index (κ2) is 9.56. The zero-order chi connectivity index (χ0) is 18.9. The highest BCUT2D eigenvalue weighted by Crippen LogP contribution is 2.13. The van der Waals surface area contributed by atoms with E-state index in [1.165, 1.54) is 19.1 Å². The first kappa shape index (κ1) is 19.4. The van der Waals surface area contributed by atoms with E-state index in [1.807, 2.05) is 18.2 Å². The van der Waals surface area contributed by atoms with Crippen molar-refractivity contribution in [1.29, 1.82) is 0 Å². The molecule has 0 radical (unpaired) electrons. The third-order valence-corrected chi connectivity index (χ3v) is 3.72. The van der Waals surface area contributed by atoms with Gasteiger partial charge in [0.25, 0.3) is 5.91 Å². The normalized spacial score (nSPS) is 12.7. The Balaban J connectivity index is 1.73. The van der Waals surface area contributed by atoms with Crippen molar-refractivity contribution in [2.24, 2.45) is 0 Å². The van der Waals surface area contributed by atoms with Gasteiger partial charge in [-0.3, -0.25) is 9.59 Å². The summed E-state index contributed by atoms with van der Waals surface area (Å²) in [5.41, 5.74) is 0.759. The predicted molar refractivity (Wildman–Crippen MR) is 95.1 cm³/mol. The third-order valence-electron chi connectivity index (χ3n) is 3.72. The van der Waals surface area contributed by atoms with Gasteiger partial charge < -0.3 is 14.8 Å². The van der Waals surface area contributed by atoms with E-state index in [4.69, 9.17) is 9.47 Å². The monoisotopic (exact) mass is 359 g/mol. The molecule has 0 saturated heterocycles. The van der Waals surface area contributed by atoms with Gasteiger partial charge in [-0.15, -0.1) is 0 Å². The van der Waals surface area contributed by atoms with Gasteiger partial charge in [0.05, 0.1) is 19.1 Å². The summed E-state index contributed by atoms with van der Waals surface area (Å²) in [5, 5.41) is 2.73. The van der Waals surface area contributed by atoms with E-state index in [0.29, 0.717) is 5.75 Å². The van der Waals surface area contributed by atoms with Crippen molar-refractivity contribution in [3.05, 3.63) is 66.0 Å². The van der Waals surface area contributed by atoms with Crippen LogP contribution >= 0.6 is 0 Å². The van der Waals surface area contributed by atoms with E-state index >= 15 is 0 Å². The first-order valence-electron chi connectivity index (χ1n) is 8.39. The van der Waals surface area contributed by atoms with Crippen molar-refractivity contribution in [2.45, 2.75) is 32.4 Å². The zero-order valence-electron chi connectivity index (χ0n) is 14.8. The summed E-state index contributed by atoms with van der Waals surface area (Å²) in [6, 6.07) is 14.6. The van der Waals surface area contributed by atoms with Gasteiger partial charge in [0.1, 0.15) is 11.6 Å². The summed E-state index contributed by atoms with van der Waals surface area (Å²) in [6.07, 6.45) is -0.887. The largest absolute Gasteiger partial charge is 0.493 e. The Bertz CT molecular complexity index is 718. The summed E-state index contributed by atoms with van der Waals surface area (Å²) >= 11 is 0. The van der Waals surface area contributed by atoms with Gasteiger partial charge in [0, 0.05) is 0 Å². The smallest absolute Gasteiger partial charge is 0.310 e. The zero-order valence-corrected chi connectivity index (χ0v) is 14.8. The lowest BCUT2D eigenvalue weighted by molar-refractivity contribution is -0.155. The van der Waals surface area contributed by atoms with Crippen molar-refractivity contribution in [1.82, 2.24) is 5.32 Å². The lowest BCUT2D eigenvalue weighted by Gasteiger charge is -2.18. The molecule has 6 heteroatoms. The highest BCUT2D eigenvalue weighted by molar-refractivity contribution is 5.83. The van der Waals surface area contributed by atoms with Crippen LogP contribution in [0, 0.1) is 5.82 Å². The minimum absolute atomic E-state index is 0.0417. The molecule has 0 saturated carbocycles. The lowest BCUT2D eigenvalue weighted by Crippen LogP contribution is -2.37. The summed E-state index contributed by atoms with van der Waals surface area (Å²) < 4.78 is 23.5. The molecule has 0 bridgehead atoms. The van der Waals surface area contributed by atoms with E-state index < -0.39 is 18.0 Å². The Morgan fingerprint density at radius 1 is 1.04 bits per heavy atom. The van der Waals surface area contributed by atoms with Gasteiger partial charge in [0.2, 0.25) is 0 Å². The first-order chi connectivity index (χ1) is 12.5. The van der Waals surface area contributed by atoms with Crippen LogP contribution < -0.4 is 10.1 Å². The number of esters is 1. The minimum Gasteiger partial charge on any atom is -0.493 e. The van der Waals surface area contributed by atoms with Gasteiger partial charge in [0.15, 0.2) is 6.10 Å². The van der Waals surface area contributed by atoms with Crippen LogP contribution in [0.4, 0.5) is 4.39 Å². The molecule has 138 valence electrons. The second-order valence-corrected chi connectivity index (χ2v) is 5.83. The summed E-state index contributed by atoms with van der Waals surface area (Å²) in [7, 11) is 0. The maximum absolute atomic E-state index is 12.9. The highest BCUT2D eigenvalue weighted by Gasteiger charge is 2.20. The van der Waals surface area contributed by atoms with Gasteiger partial charge >= 0.3 is 5.97 Å². The van der Waals surface area contributed by atoms with Gasteiger partial charge in [-0.05, 0) is 43.7 Å². The molecular weight excluding hydrogens is 337 g/mol. The molecule has 1 amide bonds. The number of hydrogen-bond acceptors (Lipinski definition) is 4. The number of ether oxygens (including phenoxy) is 2. The first-order valence-corrected chi connectivity index (χ1v) is 8.39. The number of carbonyl (C=O) groups is 2. The predicted octanol–water partition coefficient (Wildman–Crippen LogP) is 3.40. The Morgan fingerprint density at radius 2 is 1.69 bits per heavy atom. The SMILES string of the molecule is CC(OC(=O)CCOc1ccccc1)C(=O)NC(C)c1ccc(F)cc1. The molecular formula is C20H22FNO4. The molecule has 2 unspecified atom stereocenters. The lowest BCUT2D eigenvalue weighted by atomic mass is 10.1. The van der Waals surface area contributed by atoms with Crippen LogP contribution in [0.5, 0.6) is 5.75 Å². The Hall–Kier alpha value is -2.89. The summed E-state index contributed by atoms with van der Waals surface area (Å²) in [6.45, 7) is 3.44. The molecule has 0 spiro atoms. The van der Waals surface area contributed by atoms with Crippen LogP contribution in [0.2, 0.25) is 0 Å². The molecule has 0 aliphatic carbocycles. The van der Waals surface area contributed by atoms with Gasteiger partial charge in [-0.2, -0.15) is 0 Å². The number of nitrogens with one attached hydrogen (secondary N) is 1. The topological polar surface area (TPSA) is 64.6 Å². The van der Waals surface area contributed by atoms with Gasteiger partial charge in [-0.1, -0.05) is 30.3 Å². The average molecular weight is 359 g/mol. The molecule has 0 aliphatic heterocycles. The molecule has 0 fully saturated rings. The van der Waals surface area contributed by atoms with E-state index in [1.54, 1.807) is 31.2 Å². The van der Waals surface area contributed by atoms with Crippen LogP contribution in [-0.2, 0) is 14.3 Å². The summed E-state index contributed by atoms with van der Waals surface area (Å²) in [4.78, 5) is 23.9. The van der Waals surface area contributed by atoms with Gasteiger partial charge in [-0.25, -0.2) is 4.39 Å². The fourth-order valence-corrected chi connectivity index (χ4v) is 2.24. The molecule has 2 aromatic carbocycles. The minimum atomic E-state index is -0.929. The standard InChI is InChI=1S/C20H22FNO4/c1-14(16-8-10-17(21)11-9-16)22-20(24)15(2)26-19(23)12-13-25-18-6-4-3-5-7-18/h3-11,14-15H,12-13H2,1-2H3,(H,22,24). The van der Waals surface area contributed by atoms with E-state index in [2.05, 4.69) is 5.32 Å². The fourth-order valence-electron chi connectivity index (χ4n) is 2.24. The van der Waals surface area contributed by atoms with Crippen LogP contribution in [0.3, 0.4) is 0 Å². The molecule has 5 nitrogen and oxygen atoms in total.